The fourth-order valence-corrected chi connectivity index (χ4v) is 3.30. The van der Waals surface area contributed by atoms with Crippen LogP contribution in [0.5, 0.6) is 0 Å². The molecule has 8 heteroatoms. The van der Waals surface area contributed by atoms with Gasteiger partial charge in [0, 0.05) is 45.0 Å². The molecule has 2 heterocycles. The lowest BCUT2D eigenvalue weighted by Crippen LogP contribution is -2.48. The molecule has 3 rings (SSSR count). The lowest BCUT2D eigenvalue weighted by molar-refractivity contribution is 0.0951. The highest BCUT2D eigenvalue weighted by Gasteiger charge is 2.18. The zero-order chi connectivity index (χ0) is 16.9. The maximum atomic E-state index is 13.0. The van der Waals surface area contributed by atoms with Gasteiger partial charge in [-0.05, 0) is 42.7 Å². The molecule has 0 atom stereocenters. The minimum atomic E-state index is -0.209. The second kappa shape index (κ2) is 7.67. The van der Waals surface area contributed by atoms with E-state index in [-0.39, 0.29) is 11.7 Å². The average molecular weight is 349 g/mol. The Morgan fingerprint density at radius 2 is 1.96 bits per heavy atom. The second-order valence-corrected chi connectivity index (χ2v) is 6.50. The summed E-state index contributed by atoms with van der Waals surface area (Å²) in [4.78, 5) is 17.1. The van der Waals surface area contributed by atoms with Crippen molar-refractivity contribution in [2.75, 3.05) is 44.2 Å². The third kappa shape index (κ3) is 4.07. The Kier molecular flexibility index (Phi) is 5.37. The normalized spacial score (nSPS) is 15.5. The molecule has 1 N–H and O–H groups in total. The molecule has 1 aliphatic heterocycles. The van der Waals surface area contributed by atoms with E-state index in [1.165, 1.54) is 12.1 Å². The van der Waals surface area contributed by atoms with E-state index in [9.17, 15) is 9.18 Å². The summed E-state index contributed by atoms with van der Waals surface area (Å²) >= 11 is 1.12. The molecule has 1 aliphatic rings. The van der Waals surface area contributed by atoms with Gasteiger partial charge in [0.05, 0.1) is 5.69 Å². The summed E-state index contributed by atoms with van der Waals surface area (Å²) in [6.07, 6.45) is 0. The molecule has 0 bridgehead atoms. The summed E-state index contributed by atoms with van der Waals surface area (Å²) in [5.41, 5.74) is 1.72. The lowest BCUT2D eigenvalue weighted by atomic mass is 10.2. The van der Waals surface area contributed by atoms with Crippen molar-refractivity contribution < 1.29 is 9.18 Å². The van der Waals surface area contributed by atoms with Crippen molar-refractivity contribution in [2.24, 2.45) is 0 Å². The SMILES string of the molecule is Cc1nnsc1C(=O)NCCN1CCN(c2ccc(F)cc2)CC1. The van der Waals surface area contributed by atoms with E-state index in [1.54, 1.807) is 6.92 Å². The molecule has 0 saturated carbocycles. The molecule has 2 aromatic rings. The first-order chi connectivity index (χ1) is 11.6. The van der Waals surface area contributed by atoms with Gasteiger partial charge in [0.1, 0.15) is 10.7 Å². The number of hydrogen-bond acceptors (Lipinski definition) is 6. The van der Waals surface area contributed by atoms with Crippen molar-refractivity contribution >= 4 is 23.1 Å². The van der Waals surface area contributed by atoms with E-state index in [0.717, 1.165) is 49.9 Å². The van der Waals surface area contributed by atoms with Crippen molar-refractivity contribution in [2.45, 2.75) is 6.92 Å². The predicted octanol–water partition coefficient (Wildman–Crippen LogP) is 1.54. The molecule has 0 unspecified atom stereocenters. The molecule has 0 radical (unpaired) electrons. The lowest BCUT2D eigenvalue weighted by Gasteiger charge is -2.36. The summed E-state index contributed by atoms with van der Waals surface area (Å²) in [6, 6.07) is 6.62. The van der Waals surface area contributed by atoms with Crippen LogP contribution in [0.1, 0.15) is 15.4 Å². The van der Waals surface area contributed by atoms with Crippen molar-refractivity contribution in [3.05, 3.63) is 40.7 Å². The minimum absolute atomic E-state index is 0.104. The topological polar surface area (TPSA) is 61.4 Å². The molecular formula is C16H20FN5OS. The van der Waals surface area contributed by atoms with Crippen LogP contribution in [-0.4, -0.2) is 59.7 Å². The molecule has 1 saturated heterocycles. The highest BCUT2D eigenvalue weighted by atomic mass is 32.1. The van der Waals surface area contributed by atoms with Gasteiger partial charge in [-0.3, -0.25) is 9.69 Å². The number of aryl methyl sites for hydroxylation is 1. The van der Waals surface area contributed by atoms with Gasteiger partial charge in [0.15, 0.2) is 0 Å². The van der Waals surface area contributed by atoms with Gasteiger partial charge in [-0.1, -0.05) is 4.49 Å². The number of halogens is 1. The smallest absolute Gasteiger partial charge is 0.264 e. The summed E-state index contributed by atoms with van der Waals surface area (Å²) in [5.74, 6) is -0.313. The van der Waals surface area contributed by atoms with E-state index in [0.29, 0.717) is 17.1 Å². The Morgan fingerprint density at radius 3 is 2.58 bits per heavy atom. The van der Waals surface area contributed by atoms with Crippen molar-refractivity contribution in [1.29, 1.82) is 0 Å². The maximum Gasteiger partial charge on any atom is 0.264 e. The monoisotopic (exact) mass is 349 g/mol. The molecule has 6 nitrogen and oxygen atoms in total. The van der Waals surface area contributed by atoms with Crippen LogP contribution in [0.25, 0.3) is 0 Å². The number of aromatic nitrogens is 2. The molecule has 0 aliphatic carbocycles. The van der Waals surface area contributed by atoms with Crippen LogP contribution in [0.2, 0.25) is 0 Å². The van der Waals surface area contributed by atoms with E-state index in [4.69, 9.17) is 0 Å². The summed E-state index contributed by atoms with van der Waals surface area (Å²) < 4.78 is 16.8. The number of rotatable bonds is 5. The quantitative estimate of drug-likeness (QED) is 0.887. The van der Waals surface area contributed by atoms with Gasteiger partial charge in [0.25, 0.3) is 5.91 Å². The number of hydrogen-bond donors (Lipinski definition) is 1. The van der Waals surface area contributed by atoms with E-state index < -0.39 is 0 Å². The molecule has 1 aromatic heterocycles. The number of nitrogens with one attached hydrogen (secondary N) is 1. The minimum Gasteiger partial charge on any atom is -0.369 e. The zero-order valence-corrected chi connectivity index (χ0v) is 14.4. The maximum absolute atomic E-state index is 13.0. The second-order valence-electron chi connectivity index (χ2n) is 5.75. The van der Waals surface area contributed by atoms with Crippen LogP contribution in [0.15, 0.2) is 24.3 Å². The Labute approximate surface area is 144 Å². The largest absolute Gasteiger partial charge is 0.369 e. The molecule has 128 valence electrons. The van der Waals surface area contributed by atoms with Crippen molar-refractivity contribution in [3.63, 3.8) is 0 Å². The summed E-state index contributed by atoms with van der Waals surface area (Å²) in [5, 5.41) is 6.76. The highest BCUT2D eigenvalue weighted by Crippen LogP contribution is 2.16. The van der Waals surface area contributed by atoms with E-state index in [1.807, 2.05) is 12.1 Å². The molecule has 1 fully saturated rings. The first kappa shape index (κ1) is 16.8. The number of benzene rings is 1. The number of anilines is 1. The first-order valence-electron chi connectivity index (χ1n) is 7.93. The Bertz CT molecular complexity index is 682. The summed E-state index contributed by atoms with van der Waals surface area (Å²) in [7, 11) is 0. The van der Waals surface area contributed by atoms with Gasteiger partial charge in [-0.25, -0.2) is 4.39 Å². The highest BCUT2D eigenvalue weighted by molar-refractivity contribution is 7.07. The van der Waals surface area contributed by atoms with Gasteiger partial charge < -0.3 is 10.2 Å². The Morgan fingerprint density at radius 1 is 1.25 bits per heavy atom. The van der Waals surface area contributed by atoms with Crippen LogP contribution >= 0.6 is 11.5 Å². The van der Waals surface area contributed by atoms with Crippen molar-refractivity contribution in [1.82, 2.24) is 19.8 Å². The fourth-order valence-electron chi connectivity index (χ4n) is 2.73. The molecule has 1 amide bonds. The average Bonchev–Trinajstić information content (AvgIpc) is 3.02. The van der Waals surface area contributed by atoms with Crippen molar-refractivity contribution in [3.8, 4) is 0 Å². The standard InChI is InChI=1S/C16H20FN5OS/c1-12-15(24-20-19-12)16(23)18-6-7-21-8-10-22(11-9-21)14-4-2-13(17)3-5-14/h2-5H,6-11H2,1H3,(H,18,23). The number of nitrogens with zero attached hydrogens (tertiary/aromatic N) is 4. The fraction of sp³-hybridized carbons (Fsp3) is 0.438. The van der Waals surface area contributed by atoms with Crippen LogP contribution in [0.3, 0.4) is 0 Å². The van der Waals surface area contributed by atoms with E-state index >= 15 is 0 Å². The molecular weight excluding hydrogens is 329 g/mol. The third-order valence-corrected chi connectivity index (χ3v) is 4.96. The number of carbonyl (C=O) groups excluding carboxylic acids is 1. The van der Waals surface area contributed by atoms with Crippen LogP contribution in [-0.2, 0) is 0 Å². The Hall–Kier alpha value is -2.06. The Balaban J connectivity index is 1.40. The van der Waals surface area contributed by atoms with Gasteiger partial charge >= 0.3 is 0 Å². The van der Waals surface area contributed by atoms with Crippen LogP contribution < -0.4 is 10.2 Å². The van der Waals surface area contributed by atoms with Crippen LogP contribution in [0.4, 0.5) is 10.1 Å². The number of amides is 1. The van der Waals surface area contributed by atoms with E-state index in [2.05, 4.69) is 24.7 Å². The zero-order valence-electron chi connectivity index (χ0n) is 13.5. The number of carbonyl (C=O) groups is 1. The van der Waals surface area contributed by atoms with Gasteiger partial charge in [-0.15, -0.1) is 5.10 Å². The first-order valence-corrected chi connectivity index (χ1v) is 8.71. The van der Waals surface area contributed by atoms with Gasteiger partial charge in [0.2, 0.25) is 0 Å². The van der Waals surface area contributed by atoms with Crippen LogP contribution in [0, 0.1) is 12.7 Å². The molecule has 24 heavy (non-hydrogen) atoms. The third-order valence-electron chi connectivity index (χ3n) is 4.14. The number of piperazine rings is 1. The predicted molar refractivity (Wildman–Crippen MR) is 92.0 cm³/mol. The summed E-state index contributed by atoms with van der Waals surface area (Å²) in [6.45, 7) is 6.85. The van der Waals surface area contributed by atoms with Gasteiger partial charge in [-0.2, -0.15) is 0 Å². The molecule has 0 spiro atoms. The molecule has 1 aromatic carbocycles.